The zero-order chi connectivity index (χ0) is 29.3. The molecule has 3 aliphatic rings. The molecule has 0 atom stereocenters. The average molecular weight is 610 g/mol. The molecule has 3 heterocycles. The molecule has 1 N–H and O–H groups in total. The number of nitrogens with one attached hydrogen (secondary N) is 1. The number of fused-ring (bicyclic) bond motifs is 1. The number of rotatable bonds is 5. The van der Waals surface area contributed by atoms with E-state index in [9.17, 15) is 27.6 Å². The number of urea groups is 2. The Labute approximate surface area is 245 Å². The fraction of sp³-hybridized carbons (Fsp3) is 0.393. The van der Waals surface area contributed by atoms with Crippen molar-refractivity contribution in [3.8, 4) is 0 Å². The number of anilines is 1. The first kappa shape index (κ1) is 29.1. The summed E-state index contributed by atoms with van der Waals surface area (Å²) in [5, 5.41) is 3.30. The lowest BCUT2D eigenvalue weighted by Gasteiger charge is -2.39. The SMILES string of the molecule is O=C(CN1C=C(c2cccc(Cl)c2Cl)CN(CC(F)(F)F)C1=O)N1CCC(N2C(=O)NCCc3ccccc32)CC1. The lowest BCUT2D eigenvalue weighted by molar-refractivity contribution is -0.140. The second kappa shape index (κ2) is 11.8. The quantitative estimate of drug-likeness (QED) is 0.493. The summed E-state index contributed by atoms with van der Waals surface area (Å²) >= 11 is 12.4. The van der Waals surface area contributed by atoms with Crippen LogP contribution in [0, 0.1) is 0 Å². The maximum atomic E-state index is 13.3. The molecular formula is C28H28Cl2F3N5O3. The molecule has 218 valence electrons. The molecule has 3 aliphatic heterocycles. The first-order valence-electron chi connectivity index (χ1n) is 13.2. The lowest BCUT2D eigenvalue weighted by atomic mass is 10.0. The number of amides is 5. The number of carbonyl (C=O) groups is 3. The Hall–Kier alpha value is -3.44. The van der Waals surface area contributed by atoms with Crippen LogP contribution in [0.4, 0.5) is 28.4 Å². The molecule has 2 aromatic rings. The Morgan fingerprint density at radius 2 is 1.76 bits per heavy atom. The molecule has 0 aliphatic carbocycles. The van der Waals surface area contributed by atoms with Gasteiger partial charge in [-0.15, -0.1) is 0 Å². The third-order valence-corrected chi connectivity index (χ3v) is 8.30. The Morgan fingerprint density at radius 1 is 1.02 bits per heavy atom. The maximum absolute atomic E-state index is 13.3. The third kappa shape index (κ3) is 6.41. The summed E-state index contributed by atoms with van der Waals surface area (Å²) < 4.78 is 39.9. The van der Waals surface area contributed by atoms with E-state index in [-0.39, 0.29) is 28.7 Å². The van der Waals surface area contributed by atoms with Gasteiger partial charge in [0.1, 0.15) is 13.1 Å². The summed E-state index contributed by atoms with van der Waals surface area (Å²) in [5.41, 5.74) is 2.64. The van der Waals surface area contributed by atoms with Crippen molar-refractivity contribution in [2.75, 3.05) is 44.2 Å². The van der Waals surface area contributed by atoms with Crippen molar-refractivity contribution in [1.29, 1.82) is 0 Å². The number of benzene rings is 2. The maximum Gasteiger partial charge on any atom is 0.406 e. The van der Waals surface area contributed by atoms with Crippen molar-refractivity contribution in [2.45, 2.75) is 31.5 Å². The van der Waals surface area contributed by atoms with Crippen molar-refractivity contribution in [3.63, 3.8) is 0 Å². The Balaban J connectivity index is 1.31. The molecule has 0 saturated carbocycles. The van der Waals surface area contributed by atoms with Gasteiger partial charge in [-0.05, 0) is 42.5 Å². The molecule has 41 heavy (non-hydrogen) atoms. The van der Waals surface area contributed by atoms with E-state index in [1.807, 2.05) is 24.3 Å². The van der Waals surface area contributed by atoms with E-state index in [2.05, 4.69) is 5.32 Å². The summed E-state index contributed by atoms with van der Waals surface area (Å²) in [5.74, 6) is -0.404. The topological polar surface area (TPSA) is 76.2 Å². The van der Waals surface area contributed by atoms with Crippen LogP contribution in [0.1, 0.15) is 24.0 Å². The van der Waals surface area contributed by atoms with Gasteiger partial charge in [-0.3, -0.25) is 14.6 Å². The third-order valence-electron chi connectivity index (χ3n) is 7.49. The van der Waals surface area contributed by atoms with Gasteiger partial charge in [0, 0.05) is 49.7 Å². The van der Waals surface area contributed by atoms with E-state index in [4.69, 9.17) is 23.2 Å². The molecule has 5 amide bonds. The molecular weight excluding hydrogens is 582 g/mol. The average Bonchev–Trinajstić information content (AvgIpc) is 3.09. The molecule has 5 rings (SSSR count). The Kier molecular flexibility index (Phi) is 8.37. The lowest BCUT2D eigenvalue weighted by Crippen LogP contribution is -2.54. The van der Waals surface area contributed by atoms with Crippen molar-refractivity contribution in [3.05, 3.63) is 69.8 Å². The largest absolute Gasteiger partial charge is 0.406 e. The standard InChI is InChI=1S/C28H28Cl2F3N5O3/c29-22-6-3-5-21(25(22)30)19-14-36(27(41)37(15-19)17-28(31,32)33)16-24(39)35-12-9-20(10-13-35)38-23-7-2-1-4-18(23)8-11-34-26(38)40/h1-7,14,20H,8-13,15-17H2,(H,34,40). The molecule has 0 radical (unpaired) electrons. The number of halogens is 5. The molecule has 1 saturated heterocycles. The van der Waals surface area contributed by atoms with Crippen LogP contribution in [0.2, 0.25) is 10.0 Å². The molecule has 8 nitrogen and oxygen atoms in total. The van der Waals surface area contributed by atoms with Crippen LogP contribution in [0.25, 0.3) is 5.57 Å². The van der Waals surface area contributed by atoms with Crippen LogP contribution in [-0.2, 0) is 11.2 Å². The van der Waals surface area contributed by atoms with Gasteiger partial charge in [-0.2, -0.15) is 13.2 Å². The normalized spacial score (nSPS) is 18.6. The first-order valence-corrected chi connectivity index (χ1v) is 14.0. The van der Waals surface area contributed by atoms with Gasteiger partial charge in [0.2, 0.25) is 5.91 Å². The smallest absolute Gasteiger partial charge is 0.341 e. The van der Waals surface area contributed by atoms with Gasteiger partial charge in [0.15, 0.2) is 0 Å². The van der Waals surface area contributed by atoms with E-state index >= 15 is 0 Å². The van der Waals surface area contributed by atoms with Crippen molar-refractivity contribution in [2.24, 2.45) is 0 Å². The van der Waals surface area contributed by atoms with Crippen molar-refractivity contribution >= 4 is 52.4 Å². The van der Waals surface area contributed by atoms with Crippen LogP contribution >= 0.6 is 23.2 Å². The summed E-state index contributed by atoms with van der Waals surface area (Å²) in [6, 6.07) is 11.3. The van der Waals surface area contributed by atoms with Crippen LogP contribution < -0.4 is 10.2 Å². The molecule has 1 fully saturated rings. The highest BCUT2D eigenvalue weighted by atomic mass is 35.5. The predicted octanol–water partition coefficient (Wildman–Crippen LogP) is 5.40. The van der Waals surface area contributed by atoms with E-state index in [0.717, 1.165) is 22.6 Å². The van der Waals surface area contributed by atoms with E-state index in [1.165, 1.54) is 6.20 Å². The minimum Gasteiger partial charge on any atom is -0.341 e. The first-order chi connectivity index (χ1) is 19.5. The molecule has 0 aromatic heterocycles. The van der Waals surface area contributed by atoms with E-state index < -0.39 is 31.2 Å². The van der Waals surface area contributed by atoms with Gasteiger partial charge in [0.25, 0.3) is 0 Å². The number of para-hydroxylation sites is 1. The van der Waals surface area contributed by atoms with Gasteiger partial charge in [0.05, 0.1) is 10.0 Å². The fourth-order valence-corrected chi connectivity index (χ4v) is 5.96. The number of carbonyl (C=O) groups excluding carboxylic acids is 3. The Bertz CT molecular complexity index is 1380. The minimum absolute atomic E-state index is 0.131. The molecule has 2 aromatic carbocycles. The number of nitrogens with zero attached hydrogens (tertiary/aromatic N) is 4. The monoisotopic (exact) mass is 609 g/mol. The van der Waals surface area contributed by atoms with Crippen LogP contribution in [0.3, 0.4) is 0 Å². The zero-order valence-corrected chi connectivity index (χ0v) is 23.5. The number of piperidine rings is 1. The van der Waals surface area contributed by atoms with Crippen molar-refractivity contribution < 1.29 is 27.6 Å². The van der Waals surface area contributed by atoms with Gasteiger partial charge in [-0.1, -0.05) is 53.5 Å². The van der Waals surface area contributed by atoms with Crippen molar-refractivity contribution in [1.82, 2.24) is 20.0 Å². The zero-order valence-electron chi connectivity index (χ0n) is 22.0. The Morgan fingerprint density at radius 3 is 2.49 bits per heavy atom. The minimum atomic E-state index is -4.63. The van der Waals surface area contributed by atoms with Crippen LogP contribution in [0.5, 0.6) is 0 Å². The van der Waals surface area contributed by atoms with Gasteiger partial charge >= 0.3 is 18.2 Å². The highest BCUT2D eigenvalue weighted by molar-refractivity contribution is 6.43. The summed E-state index contributed by atoms with van der Waals surface area (Å²) in [4.78, 5) is 44.2. The van der Waals surface area contributed by atoms with E-state index in [1.54, 1.807) is 28.0 Å². The highest BCUT2D eigenvalue weighted by Gasteiger charge is 2.39. The summed E-state index contributed by atoms with van der Waals surface area (Å²) in [6.45, 7) is -1.05. The second-order valence-electron chi connectivity index (χ2n) is 10.2. The fourth-order valence-electron chi connectivity index (χ4n) is 5.54. The summed E-state index contributed by atoms with van der Waals surface area (Å²) in [7, 11) is 0. The second-order valence-corrected chi connectivity index (χ2v) is 11.0. The molecule has 0 unspecified atom stereocenters. The highest BCUT2D eigenvalue weighted by Crippen LogP contribution is 2.34. The van der Waals surface area contributed by atoms with Gasteiger partial charge < -0.3 is 15.1 Å². The van der Waals surface area contributed by atoms with E-state index in [0.29, 0.717) is 48.5 Å². The van der Waals surface area contributed by atoms with Crippen LogP contribution in [-0.4, -0.2) is 84.2 Å². The number of hydrogen-bond donors (Lipinski definition) is 1. The number of likely N-dealkylation sites (tertiary alicyclic amines) is 1. The molecule has 0 bridgehead atoms. The molecule has 0 spiro atoms. The molecule has 13 heteroatoms. The number of alkyl halides is 3. The number of hydrogen-bond acceptors (Lipinski definition) is 3. The predicted molar refractivity (Wildman–Crippen MR) is 150 cm³/mol. The van der Waals surface area contributed by atoms with Gasteiger partial charge in [-0.25, -0.2) is 9.59 Å². The summed E-state index contributed by atoms with van der Waals surface area (Å²) in [6.07, 6.45) is -1.51. The van der Waals surface area contributed by atoms with Crippen LogP contribution in [0.15, 0.2) is 48.7 Å².